The smallest absolute Gasteiger partial charge is 0.302 e. The van der Waals surface area contributed by atoms with Gasteiger partial charge in [0.2, 0.25) is 0 Å². The molecule has 0 saturated carbocycles. The Morgan fingerprint density at radius 1 is 1.43 bits per heavy atom. The largest absolute Gasteiger partial charge is 0.463 e. The summed E-state index contributed by atoms with van der Waals surface area (Å²) < 4.78 is 16.7. The molecule has 0 radical (unpaired) electrons. The average Bonchev–Trinajstić information content (AvgIpc) is 2.55. The molecule has 0 aromatic heterocycles. The zero-order chi connectivity index (χ0) is 16.7. The van der Waals surface area contributed by atoms with Gasteiger partial charge in [0.15, 0.2) is 0 Å². The van der Waals surface area contributed by atoms with Gasteiger partial charge in [0.25, 0.3) is 0 Å². The van der Waals surface area contributed by atoms with E-state index in [-0.39, 0.29) is 24.8 Å². The molecule has 126 valence electrons. The van der Waals surface area contributed by atoms with E-state index in [2.05, 4.69) is 6.58 Å². The van der Waals surface area contributed by atoms with Crippen LogP contribution in [0.5, 0.6) is 0 Å². The summed E-state index contributed by atoms with van der Waals surface area (Å²) in [5.41, 5.74) is 1.04. The van der Waals surface area contributed by atoms with Crippen LogP contribution in [-0.4, -0.2) is 42.1 Å². The molecular weight excluding hydrogens is 296 g/mol. The van der Waals surface area contributed by atoms with Crippen molar-refractivity contribution in [2.75, 3.05) is 6.61 Å². The van der Waals surface area contributed by atoms with E-state index in [1.165, 1.54) is 6.92 Å². The summed E-state index contributed by atoms with van der Waals surface area (Å²) in [5, 5.41) is 10.4. The molecule has 2 rings (SSSR count). The molecule has 1 aliphatic heterocycles. The van der Waals surface area contributed by atoms with E-state index in [1.54, 1.807) is 6.08 Å². The first-order valence-corrected chi connectivity index (χ1v) is 7.83. The number of hydrogen-bond donors (Lipinski definition) is 1. The topological polar surface area (TPSA) is 65.0 Å². The maximum atomic E-state index is 11.0. The second-order valence-electron chi connectivity index (χ2n) is 5.68. The summed E-state index contributed by atoms with van der Waals surface area (Å²) in [4.78, 5) is 11.0. The summed E-state index contributed by atoms with van der Waals surface area (Å²) in [7, 11) is 0. The minimum absolute atomic E-state index is 0.168. The van der Waals surface area contributed by atoms with Crippen molar-refractivity contribution < 1.29 is 24.1 Å². The number of carbonyl (C=O) groups is 1. The normalized spacial score (nSPS) is 27.4. The van der Waals surface area contributed by atoms with Crippen LogP contribution < -0.4 is 0 Å². The molecule has 1 heterocycles. The molecule has 0 bridgehead atoms. The van der Waals surface area contributed by atoms with Gasteiger partial charge in [-0.2, -0.15) is 0 Å². The molecule has 0 unspecified atom stereocenters. The van der Waals surface area contributed by atoms with Crippen LogP contribution >= 0.6 is 0 Å². The Bertz CT molecular complexity index is 501. The van der Waals surface area contributed by atoms with Crippen LogP contribution in [0.15, 0.2) is 43.0 Å². The highest BCUT2D eigenvalue weighted by Crippen LogP contribution is 2.26. The molecule has 5 heteroatoms. The Morgan fingerprint density at radius 3 is 2.83 bits per heavy atom. The third-order valence-electron chi connectivity index (χ3n) is 3.80. The Hall–Kier alpha value is -1.69. The molecule has 1 fully saturated rings. The number of ether oxygens (including phenoxy) is 3. The highest BCUT2D eigenvalue weighted by Gasteiger charge is 2.38. The average molecular weight is 320 g/mol. The van der Waals surface area contributed by atoms with Crippen molar-refractivity contribution in [3.8, 4) is 0 Å². The van der Waals surface area contributed by atoms with E-state index in [9.17, 15) is 9.90 Å². The maximum absolute atomic E-state index is 11.0. The van der Waals surface area contributed by atoms with Gasteiger partial charge in [-0.1, -0.05) is 36.4 Å². The van der Waals surface area contributed by atoms with Crippen molar-refractivity contribution in [1.29, 1.82) is 0 Å². The van der Waals surface area contributed by atoms with E-state index >= 15 is 0 Å². The molecule has 23 heavy (non-hydrogen) atoms. The number of benzene rings is 1. The van der Waals surface area contributed by atoms with Crippen molar-refractivity contribution in [2.45, 2.75) is 50.8 Å². The molecule has 0 aliphatic carbocycles. The lowest BCUT2D eigenvalue weighted by atomic mass is 9.96. The van der Waals surface area contributed by atoms with Gasteiger partial charge in [-0.3, -0.25) is 4.79 Å². The quantitative estimate of drug-likeness (QED) is 0.616. The van der Waals surface area contributed by atoms with E-state index < -0.39 is 12.2 Å². The molecule has 1 N–H and O–H groups in total. The Morgan fingerprint density at radius 2 is 2.17 bits per heavy atom. The summed E-state index contributed by atoms with van der Waals surface area (Å²) in [6, 6.07) is 9.79. The number of carbonyl (C=O) groups excluding carboxylic acids is 1. The van der Waals surface area contributed by atoms with Gasteiger partial charge in [-0.05, 0) is 12.0 Å². The van der Waals surface area contributed by atoms with Gasteiger partial charge in [-0.25, -0.2) is 0 Å². The Labute approximate surface area is 136 Å². The predicted molar refractivity (Wildman–Crippen MR) is 85.8 cm³/mol. The number of esters is 1. The van der Waals surface area contributed by atoms with Crippen molar-refractivity contribution in [3.63, 3.8) is 0 Å². The second-order valence-corrected chi connectivity index (χ2v) is 5.68. The Balaban J connectivity index is 1.96. The molecule has 0 amide bonds. The van der Waals surface area contributed by atoms with Crippen molar-refractivity contribution in [1.82, 2.24) is 0 Å². The van der Waals surface area contributed by atoms with Gasteiger partial charge in [0.05, 0.1) is 24.9 Å². The number of hydrogen-bond acceptors (Lipinski definition) is 5. The standard InChI is InChI=1S/C18H24O5/c1-3-7-16-18(20)17(10-15(23-16)12-21-13(2)19)22-11-14-8-5-4-6-9-14/h3-6,8-9,15-18,20H,1,7,10-12H2,2H3/t15-,16+,17-,18+/m0/s1. The van der Waals surface area contributed by atoms with Crippen LogP contribution in [0, 0.1) is 0 Å². The first kappa shape index (κ1) is 17.7. The highest BCUT2D eigenvalue weighted by molar-refractivity contribution is 5.65. The van der Waals surface area contributed by atoms with Crippen LogP contribution in [0.2, 0.25) is 0 Å². The number of rotatable bonds is 7. The molecule has 1 aliphatic rings. The lowest BCUT2D eigenvalue weighted by Crippen LogP contribution is -2.50. The van der Waals surface area contributed by atoms with Gasteiger partial charge in [-0.15, -0.1) is 6.58 Å². The van der Waals surface area contributed by atoms with Gasteiger partial charge >= 0.3 is 5.97 Å². The fourth-order valence-electron chi connectivity index (χ4n) is 2.64. The van der Waals surface area contributed by atoms with E-state index in [4.69, 9.17) is 14.2 Å². The molecule has 1 aromatic rings. The van der Waals surface area contributed by atoms with Gasteiger partial charge in [0, 0.05) is 13.3 Å². The summed E-state index contributed by atoms with van der Waals surface area (Å²) in [6.07, 6.45) is 0.921. The maximum Gasteiger partial charge on any atom is 0.302 e. The third-order valence-corrected chi connectivity index (χ3v) is 3.80. The number of aliphatic hydroxyl groups is 1. The van der Waals surface area contributed by atoms with Crippen molar-refractivity contribution >= 4 is 5.97 Å². The lowest BCUT2D eigenvalue weighted by molar-refractivity contribution is -0.197. The highest BCUT2D eigenvalue weighted by atomic mass is 16.6. The van der Waals surface area contributed by atoms with Gasteiger partial charge in [0.1, 0.15) is 12.7 Å². The number of aliphatic hydroxyl groups excluding tert-OH is 1. The van der Waals surface area contributed by atoms with Crippen LogP contribution in [0.25, 0.3) is 0 Å². The predicted octanol–water partition coefficient (Wildman–Crippen LogP) is 2.23. The fourth-order valence-corrected chi connectivity index (χ4v) is 2.64. The molecule has 0 spiro atoms. The van der Waals surface area contributed by atoms with Crippen molar-refractivity contribution in [2.24, 2.45) is 0 Å². The first-order chi connectivity index (χ1) is 11.1. The fraction of sp³-hybridized carbons (Fsp3) is 0.500. The van der Waals surface area contributed by atoms with E-state index in [0.29, 0.717) is 19.4 Å². The summed E-state index contributed by atoms with van der Waals surface area (Å²) in [5.74, 6) is -0.346. The minimum Gasteiger partial charge on any atom is -0.463 e. The summed E-state index contributed by atoms with van der Waals surface area (Å²) in [6.45, 7) is 5.64. The molecule has 1 saturated heterocycles. The van der Waals surface area contributed by atoms with Crippen LogP contribution in [0.3, 0.4) is 0 Å². The summed E-state index contributed by atoms with van der Waals surface area (Å²) >= 11 is 0. The monoisotopic (exact) mass is 320 g/mol. The Kier molecular flexibility index (Phi) is 6.77. The van der Waals surface area contributed by atoms with E-state index in [0.717, 1.165) is 5.56 Å². The van der Waals surface area contributed by atoms with E-state index in [1.807, 2.05) is 30.3 Å². The van der Waals surface area contributed by atoms with Crippen LogP contribution in [-0.2, 0) is 25.6 Å². The van der Waals surface area contributed by atoms with Crippen molar-refractivity contribution in [3.05, 3.63) is 48.6 Å². The zero-order valence-corrected chi connectivity index (χ0v) is 13.4. The first-order valence-electron chi connectivity index (χ1n) is 7.83. The van der Waals surface area contributed by atoms with Gasteiger partial charge < -0.3 is 19.3 Å². The third kappa shape index (κ3) is 5.46. The molecular formula is C18H24O5. The lowest BCUT2D eigenvalue weighted by Gasteiger charge is -2.38. The minimum atomic E-state index is -0.731. The zero-order valence-electron chi connectivity index (χ0n) is 13.4. The molecule has 1 aromatic carbocycles. The second kappa shape index (κ2) is 8.82. The molecule has 5 nitrogen and oxygen atoms in total. The molecule has 4 atom stereocenters. The van der Waals surface area contributed by atoms with Crippen LogP contribution in [0.1, 0.15) is 25.3 Å². The van der Waals surface area contributed by atoms with Crippen LogP contribution in [0.4, 0.5) is 0 Å². The SMILES string of the molecule is C=CC[C@H]1O[C@H](COC(C)=O)C[C@H](OCc2ccccc2)[C@@H]1O.